The van der Waals surface area contributed by atoms with Gasteiger partial charge in [-0.25, -0.2) is 4.39 Å². The lowest BCUT2D eigenvalue weighted by Gasteiger charge is -2.18. The molecule has 0 radical (unpaired) electrons. The van der Waals surface area contributed by atoms with Crippen molar-refractivity contribution in [2.45, 2.75) is 25.9 Å². The molecule has 3 N–H and O–H groups in total. The van der Waals surface area contributed by atoms with Crippen LogP contribution in [0.25, 0.3) is 11.3 Å². The molecule has 0 saturated carbocycles. The fourth-order valence-corrected chi connectivity index (χ4v) is 1.91. The van der Waals surface area contributed by atoms with E-state index in [0.29, 0.717) is 12.3 Å². The Morgan fingerprint density at radius 3 is 2.70 bits per heavy atom. The fraction of sp³-hybridized carbons (Fsp3) is 0.333. The summed E-state index contributed by atoms with van der Waals surface area (Å²) in [6.45, 7) is 4.63. The predicted molar refractivity (Wildman–Crippen MR) is 75.9 cm³/mol. The van der Waals surface area contributed by atoms with Crippen LogP contribution >= 0.6 is 11.6 Å². The fourth-order valence-electron chi connectivity index (χ4n) is 1.73. The molecule has 1 heterocycles. The van der Waals surface area contributed by atoms with Crippen molar-refractivity contribution < 1.29 is 19.2 Å². The van der Waals surface area contributed by atoms with Crippen molar-refractivity contribution in [3.63, 3.8) is 0 Å². The first-order valence-corrected chi connectivity index (χ1v) is 6.78. The van der Waals surface area contributed by atoms with Crippen LogP contribution in [0.5, 0.6) is 0 Å². The third kappa shape index (κ3) is 3.60. The predicted octanol–water partition coefficient (Wildman–Crippen LogP) is 2.57. The maximum absolute atomic E-state index is 13.1. The summed E-state index contributed by atoms with van der Waals surface area (Å²) in [6.07, 6.45) is 0. The van der Waals surface area contributed by atoms with Gasteiger partial charge < -0.3 is 14.8 Å². The molecule has 0 unspecified atom stereocenters. The van der Waals surface area contributed by atoms with Crippen LogP contribution in [-0.4, -0.2) is 17.3 Å². The van der Waals surface area contributed by atoms with E-state index in [0.717, 1.165) is 11.3 Å². The van der Waals surface area contributed by atoms with Crippen LogP contribution in [0.3, 0.4) is 0 Å². The normalized spacial score (nSPS) is 11.8. The number of benzene rings is 1. The molecule has 5 heteroatoms. The monoisotopic (exact) mass is 298 g/mol. The van der Waals surface area contributed by atoms with Gasteiger partial charge in [0, 0.05) is 5.56 Å². The Morgan fingerprint density at radius 2 is 2.05 bits per heavy atom. The average molecular weight is 299 g/mol. The van der Waals surface area contributed by atoms with Crippen molar-refractivity contribution >= 4 is 11.6 Å². The smallest absolute Gasteiger partial charge is 0.158 e. The van der Waals surface area contributed by atoms with Crippen molar-refractivity contribution in [3.8, 4) is 11.3 Å². The van der Waals surface area contributed by atoms with Gasteiger partial charge in [0.05, 0.1) is 11.6 Å². The van der Waals surface area contributed by atoms with Crippen LogP contribution in [0.15, 0.2) is 34.7 Å². The highest BCUT2D eigenvalue weighted by atomic mass is 35.5. The Kier molecular flexibility index (Phi) is 4.48. The Bertz CT molecular complexity index is 595. The summed E-state index contributed by atoms with van der Waals surface area (Å²) in [5.74, 6) is 0.999. The number of hydrogen-bond donors (Lipinski definition) is 2. The summed E-state index contributed by atoms with van der Waals surface area (Å²) in [7, 11) is 0. The first-order valence-electron chi connectivity index (χ1n) is 6.41. The number of furan rings is 1. The van der Waals surface area contributed by atoms with E-state index in [9.17, 15) is 9.50 Å². The molecule has 1 aromatic heterocycles. The standard InChI is InChI=1S/C15H17ClFNO2/c1-15(2,9-19)18-8-11-4-6-14(20-11)10-3-5-13(17)12(16)7-10/h3-7,18-19H,8-9H2,1-2H3/p+1. The van der Waals surface area contributed by atoms with Gasteiger partial charge in [-0.05, 0) is 44.2 Å². The second kappa shape index (κ2) is 5.95. The van der Waals surface area contributed by atoms with E-state index in [-0.39, 0.29) is 17.2 Å². The molecule has 0 amide bonds. The van der Waals surface area contributed by atoms with Crippen LogP contribution in [0.2, 0.25) is 5.02 Å². The number of rotatable bonds is 5. The minimum atomic E-state index is -0.444. The van der Waals surface area contributed by atoms with Gasteiger partial charge in [0.2, 0.25) is 0 Å². The zero-order chi connectivity index (χ0) is 14.8. The molecule has 108 valence electrons. The first kappa shape index (κ1) is 15.0. The van der Waals surface area contributed by atoms with Crippen molar-refractivity contribution in [2.75, 3.05) is 6.61 Å². The van der Waals surface area contributed by atoms with Crippen LogP contribution in [-0.2, 0) is 6.54 Å². The number of aliphatic hydroxyl groups is 1. The minimum absolute atomic E-state index is 0.0772. The third-order valence-corrected chi connectivity index (χ3v) is 3.42. The summed E-state index contributed by atoms with van der Waals surface area (Å²) in [4.78, 5) is 0. The molecule has 1 aromatic carbocycles. The molecule has 0 aliphatic carbocycles. The lowest BCUT2D eigenvalue weighted by atomic mass is 10.1. The zero-order valence-electron chi connectivity index (χ0n) is 11.5. The molecule has 0 spiro atoms. The SMILES string of the molecule is CC(C)(CO)[NH2+]Cc1ccc(-c2ccc(F)c(Cl)c2)o1. The van der Waals surface area contributed by atoms with Gasteiger partial charge >= 0.3 is 0 Å². The molecule has 0 saturated heterocycles. The van der Waals surface area contributed by atoms with Gasteiger partial charge in [0.25, 0.3) is 0 Å². The van der Waals surface area contributed by atoms with Gasteiger partial charge in [0.1, 0.15) is 23.7 Å². The summed E-state index contributed by atoms with van der Waals surface area (Å²) in [6, 6.07) is 8.20. The van der Waals surface area contributed by atoms with E-state index in [4.69, 9.17) is 16.0 Å². The maximum Gasteiger partial charge on any atom is 0.158 e. The van der Waals surface area contributed by atoms with Crippen LogP contribution < -0.4 is 5.32 Å². The van der Waals surface area contributed by atoms with Crippen molar-refractivity contribution in [3.05, 3.63) is 46.9 Å². The summed E-state index contributed by atoms with van der Waals surface area (Å²) in [5.41, 5.74) is 0.496. The third-order valence-electron chi connectivity index (χ3n) is 3.13. The Hall–Kier alpha value is -1.36. The first-order chi connectivity index (χ1) is 9.41. The average Bonchev–Trinajstić information content (AvgIpc) is 2.89. The van der Waals surface area contributed by atoms with E-state index in [2.05, 4.69) is 0 Å². The number of nitrogens with two attached hydrogens (primary N) is 1. The van der Waals surface area contributed by atoms with Gasteiger partial charge in [-0.1, -0.05) is 11.6 Å². The molecule has 0 bridgehead atoms. The van der Waals surface area contributed by atoms with Crippen molar-refractivity contribution in [1.82, 2.24) is 0 Å². The van der Waals surface area contributed by atoms with Gasteiger partial charge in [-0.2, -0.15) is 0 Å². The molecule has 2 rings (SSSR count). The largest absolute Gasteiger partial charge is 0.455 e. The lowest BCUT2D eigenvalue weighted by molar-refractivity contribution is -0.738. The number of quaternary nitrogens is 1. The van der Waals surface area contributed by atoms with Gasteiger partial charge in [-0.3, -0.25) is 0 Å². The van der Waals surface area contributed by atoms with E-state index >= 15 is 0 Å². The van der Waals surface area contributed by atoms with Gasteiger partial charge in [0.15, 0.2) is 5.76 Å². The molecular formula is C15H18ClFNO2+. The number of halogens is 2. The van der Waals surface area contributed by atoms with Crippen molar-refractivity contribution in [2.24, 2.45) is 0 Å². The molecular weight excluding hydrogens is 281 g/mol. The molecule has 0 fully saturated rings. The topological polar surface area (TPSA) is 50.0 Å². The molecule has 20 heavy (non-hydrogen) atoms. The van der Waals surface area contributed by atoms with Crippen LogP contribution in [0.4, 0.5) is 4.39 Å². The minimum Gasteiger partial charge on any atom is -0.455 e. The summed E-state index contributed by atoms with van der Waals surface area (Å²) >= 11 is 5.76. The molecule has 0 atom stereocenters. The molecule has 0 aliphatic rings. The maximum atomic E-state index is 13.1. The number of aliphatic hydroxyl groups excluding tert-OH is 1. The summed E-state index contributed by atoms with van der Waals surface area (Å²) < 4.78 is 18.8. The highest BCUT2D eigenvalue weighted by molar-refractivity contribution is 6.31. The Labute approximate surface area is 122 Å². The van der Waals surface area contributed by atoms with E-state index < -0.39 is 5.82 Å². The van der Waals surface area contributed by atoms with Crippen LogP contribution in [0.1, 0.15) is 19.6 Å². The quantitative estimate of drug-likeness (QED) is 0.891. The Balaban J connectivity index is 2.10. The Morgan fingerprint density at radius 1 is 1.30 bits per heavy atom. The zero-order valence-corrected chi connectivity index (χ0v) is 12.2. The van der Waals surface area contributed by atoms with Crippen molar-refractivity contribution in [1.29, 1.82) is 0 Å². The summed E-state index contributed by atoms with van der Waals surface area (Å²) in [5, 5.41) is 11.3. The highest BCUT2D eigenvalue weighted by Gasteiger charge is 2.20. The van der Waals surface area contributed by atoms with Crippen LogP contribution in [0, 0.1) is 5.82 Å². The second-order valence-electron chi connectivity index (χ2n) is 5.45. The molecule has 2 aromatic rings. The molecule has 3 nitrogen and oxygen atoms in total. The van der Waals surface area contributed by atoms with E-state index in [1.807, 2.05) is 31.3 Å². The molecule has 0 aliphatic heterocycles. The number of hydrogen-bond acceptors (Lipinski definition) is 2. The lowest BCUT2D eigenvalue weighted by Crippen LogP contribution is -2.95. The van der Waals surface area contributed by atoms with E-state index in [1.165, 1.54) is 6.07 Å². The van der Waals surface area contributed by atoms with Gasteiger partial charge in [-0.15, -0.1) is 0 Å². The van der Waals surface area contributed by atoms with E-state index in [1.54, 1.807) is 12.1 Å². The highest BCUT2D eigenvalue weighted by Crippen LogP contribution is 2.26. The second-order valence-corrected chi connectivity index (χ2v) is 5.86.